The molecule has 2 aliphatic carbocycles. The van der Waals surface area contributed by atoms with E-state index in [1.165, 1.54) is 23.9 Å². The number of ketones is 3. The van der Waals surface area contributed by atoms with Gasteiger partial charge in [-0.1, -0.05) is 6.92 Å². The molecule has 2 unspecified atom stereocenters. The molecule has 0 N–H and O–H groups in total. The Labute approximate surface area is 149 Å². The van der Waals surface area contributed by atoms with Gasteiger partial charge in [0.2, 0.25) is 0 Å². The minimum atomic E-state index is -1.36. The molecule has 2 bridgehead atoms. The van der Waals surface area contributed by atoms with Gasteiger partial charge in [-0.25, -0.2) is 0 Å². The predicted molar refractivity (Wildman–Crippen MR) is 92.8 cm³/mol. The number of nitrogens with zero attached hydrogens (tertiary/aromatic N) is 1. The first-order chi connectivity index (χ1) is 11.9. The minimum Gasteiger partial charge on any atom is -0.298 e. The van der Waals surface area contributed by atoms with Crippen molar-refractivity contribution in [3.8, 4) is 0 Å². The average molecular weight is 361 g/mol. The zero-order chi connectivity index (χ0) is 18.1. The fraction of sp³-hybridized carbons (Fsp3) is 0.500. The van der Waals surface area contributed by atoms with Gasteiger partial charge in [0.25, 0.3) is 5.69 Å². The standard InChI is InChI=1S/C18H19NO5S/c1-2-7-25-12-5-6-13(14(9-12)19(23)24)18(22)15-16(20)10-3-4-11(8-10)17(15)21/h5-6,9-11,15H,2-4,7-8H2,1H3. The Kier molecular flexibility index (Phi) is 5.03. The molecule has 0 radical (unpaired) electrons. The summed E-state index contributed by atoms with van der Waals surface area (Å²) in [5.74, 6) is -2.49. The van der Waals surface area contributed by atoms with Gasteiger partial charge in [-0.05, 0) is 43.6 Å². The van der Waals surface area contributed by atoms with Crippen molar-refractivity contribution in [2.75, 3.05) is 5.75 Å². The zero-order valence-corrected chi connectivity index (χ0v) is 14.7. The molecule has 132 valence electrons. The molecule has 0 heterocycles. The van der Waals surface area contributed by atoms with Gasteiger partial charge in [-0.15, -0.1) is 11.8 Å². The molecular weight excluding hydrogens is 342 g/mol. The normalized spacial score (nSPS) is 25.2. The lowest BCUT2D eigenvalue weighted by molar-refractivity contribution is -0.385. The van der Waals surface area contributed by atoms with Crippen molar-refractivity contribution in [2.45, 2.75) is 37.5 Å². The Morgan fingerprint density at radius 1 is 1.24 bits per heavy atom. The maximum absolute atomic E-state index is 12.8. The van der Waals surface area contributed by atoms with E-state index >= 15 is 0 Å². The number of carbonyl (C=O) groups is 3. The van der Waals surface area contributed by atoms with Crippen LogP contribution in [0.25, 0.3) is 0 Å². The molecule has 25 heavy (non-hydrogen) atoms. The topological polar surface area (TPSA) is 94.3 Å². The lowest BCUT2D eigenvalue weighted by Crippen LogP contribution is -2.41. The molecule has 0 aliphatic heterocycles. The zero-order valence-electron chi connectivity index (χ0n) is 13.9. The van der Waals surface area contributed by atoms with Crippen LogP contribution in [0.4, 0.5) is 5.69 Å². The van der Waals surface area contributed by atoms with Crippen LogP contribution < -0.4 is 0 Å². The van der Waals surface area contributed by atoms with Gasteiger partial charge in [0.05, 0.1) is 10.5 Å². The fourth-order valence-corrected chi connectivity index (χ4v) is 4.50. The third kappa shape index (κ3) is 3.25. The third-order valence-corrected chi connectivity index (χ3v) is 6.17. The van der Waals surface area contributed by atoms with E-state index in [9.17, 15) is 24.5 Å². The molecule has 0 saturated heterocycles. The Bertz CT molecular complexity index is 738. The second-order valence-electron chi connectivity index (χ2n) is 6.59. The number of benzene rings is 1. The van der Waals surface area contributed by atoms with Gasteiger partial charge < -0.3 is 0 Å². The van der Waals surface area contributed by atoms with E-state index in [4.69, 9.17) is 0 Å². The molecule has 7 heteroatoms. The second kappa shape index (κ2) is 7.07. The number of hydrogen-bond donors (Lipinski definition) is 0. The Morgan fingerprint density at radius 3 is 2.44 bits per heavy atom. The van der Waals surface area contributed by atoms with Crippen molar-refractivity contribution in [1.82, 2.24) is 0 Å². The quantitative estimate of drug-likeness (QED) is 0.253. The van der Waals surface area contributed by atoms with E-state index < -0.39 is 16.6 Å². The summed E-state index contributed by atoms with van der Waals surface area (Å²) in [5, 5.41) is 11.4. The smallest absolute Gasteiger partial charge is 0.281 e. The molecule has 1 aromatic rings. The molecule has 1 aromatic carbocycles. The summed E-state index contributed by atoms with van der Waals surface area (Å²) >= 11 is 1.47. The van der Waals surface area contributed by atoms with Gasteiger partial charge in [-0.2, -0.15) is 0 Å². The molecular formula is C18H19NO5S. The van der Waals surface area contributed by atoms with E-state index in [0.29, 0.717) is 24.2 Å². The van der Waals surface area contributed by atoms with E-state index in [0.717, 1.165) is 12.2 Å². The summed E-state index contributed by atoms with van der Waals surface area (Å²) in [7, 11) is 0. The number of rotatable bonds is 6. The molecule has 6 nitrogen and oxygen atoms in total. The fourth-order valence-electron chi connectivity index (χ4n) is 3.70. The van der Waals surface area contributed by atoms with Crippen LogP contribution in [-0.2, 0) is 9.59 Å². The lowest BCUT2D eigenvalue weighted by atomic mass is 9.75. The summed E-state index contributed by atoms with van der Waals surface area (Å²) in [6, 6.07) is 4.39. The Morgan fingerprint density at radius 2 is 1.88 bits per heavy atom. The van der Waals surface area contributed by atoms with Crippen LogP contribution in [-0.4, -0.2) is 28.0 Å². The Balaban J connectivity index is 1.95. The number of thioether (sulfide) groups is 1. The average Bonchev–Trinajstić information content (AvgIpc) is 3.05. The SMILES string of the molecule is CCCSc1ccc(C(=O)C2C(=O)C3CCC(C3)C2=O)c([N+](=O)[O-])c1. The molecule has 0 spiro atoms. The predicted octanol–water partition coefficient (Wildman–Crippen LogP) is 3.46. The minimum absolute atomic E-state index is 0.140. The van der Waals surface area contributed by atoms with Gasteiger partial charge in [0.15, 0.2) is 17.3 Å². The highest BCUT2D eigenvalue weighted by Gasteiger charge is 2.50. The summed E-state index contributed by atoms with van der Waals surface area (Å²) in [6.45, 7) is 2.01. The van der Waals surface area contributed by atoms with Gasteiger partial charge in [0, 0.05) is 22.8 Å². The van der Waals surface area contributed by atoms with Crippen molar-refractivity contribution < 1.29 is 19.3 Å². The largest absolute Gasteiger partial charge is 0.298 e. The van der Waals surface area contributed by atoms with Crippen molar-refractivity contribution in [3.05, 3.63) is 33.9 Å². The van der Waals surface area contributed by atoms with Crippen LogP contribution in [0.2, 0.25) is 0 Å². The number of Topliss-reactive ketones (excluding diaryl/α,β-unsaturated/α-hetero) is 3. The second-order valence-corrected chi connectivity index (χ2v) is 7.76. The molecule has 2 fully saturated rings. The molecule has 2 atom stereocenters. The van der Waals surface area contributed by atoms with E-state index in [1.54, 1.807) is 6.07 Å². The van der Waals surface area contributed by atoms with E-state index in [1.807, 2.05) is 6.92 Å². The molecule has 3 rings (SSSR count). The maximum Gasteiger partial charge on any atom is 0.281 e. The van der Waals surface area contributed by atoms with Crippen molar-refractivity contribution in [2.24, 2.45) is 17.8 Å². The first-order valence-electron chi connectivity index (χ1n) is 8.47. The van der Waals surface area contributed by atoms with E-state index in [2.05, 4.69) is 0 Å². The molecule has 2 aliphatic rings. The van der Waals surface area contributed by atoms with Crippen molar-refractivity contribution in [1.29, 1.82) is 0 Å². The summed E-state index contributed by atoms with van der Waals surface area (Å²) < 4.78 is 0. The number of hydrogen-bond acceptors (Lipinski definition) is 6. The first-order valence-corrected chi connectivity index (χ1v) is 9.45. The highest BCUT2D eigenvalue weighted by Crippen LogP contribution is 2.42. The summed E-state index contributed by atoms with van der Waals surface area (Å²) in [5.41, 5.74) is -0.469. The van der Waals surface area contributed by atoms with Gasteiger partial charge in [-0.3, -0.25) is 24.5 Å². The number of nitro benzene ring substituents is 1. The van der Waals surface area contributed by atoms with Crippen LogP contribution in [0.1, 0.15) is 43.0 Å². The van der Waals surface area contributed by atoms with Crippen LogP contribution in [0.3, 0.4) is 0 Å². The molecule has 2 saturated carbocycles. The van der Waals surface area contributed by atoms with Crippen LogP contribution >= 0.6 is 11.8 Å². The van der Waals surface area contributed by atoms with Crippen LogP contribution in [0, 0.1) is 27.9 Å². The highest BCUT2D eigenvalue weighted by atomic mass is 32.2. The summed E-state index contributed by atoms with van der Waals surface area (Å²) in [6.07, 6.45) is 2.71. The maximum atomic E-state index is 12.8. The van der Waals surface area contributed by atoms with Crippen LogP contribution in [0.15, 0.2) is 23.1 Å². The van der Waals surface area contributed by atoms with Crippen molar-refractivity contribution in [3.63, 3.8) is 0 Å². The Hall–Kier alpha value is -2.02. The first kappa shape index (κ1) is 17.8. The molecule has 0 aromatic heterocycles. The number of nitro groups is 1. The monoisotopic (exact) mass is 361 g/mol. The lowest BCUT2D eigenvalue weighted by Gasteiger charge is -2.24. The van der Waals surface area contributed by atoms with E-state index in [-0.39, 0.29) is 34.7 Å². The van der Waals surface area contributed by atoms with Gasteiger partial charge in [0.1, 0.15) is 5.92 Å². The number of fused-ring (bicyclic) bond motifs is 2. The highest BCUT2D eigenvalue weighted by molar-refractivity contribution is 7.99. The van der Waals surface area contributed by atoms with Crippen molar-refractivity contribution >= 4 is 34.8 Å². The summed E-state index contributed by atoms with van der Waals surface area (Å²) in [4.78, 5) is 49.3. The number of carbonyl (C=O) groups excluding carboxylic acids is 3. The molecule has 0 amide bonds. The third-order valence-electron chi connectivity index (χ3n) is 4.97. The van der Waals surface area contributed by atoms with Gasteiger partial charge >= 0.3 is 0 Å². The van der Waals surface area contributed by atoms with Crippen LogP contribution in [0.5, 0.6) is 0 Å².